The van der Waals surface area contributed by atoms with E-state index in [1.165, 1.54) is 19.3 Å². The minimum atomic E-state index is 0.861. The summed E-state index contributed by atoms with van der Waals surface area (Å²) in [5.41, 5.74) is 0. The van der Waals surface area contributed by atoms with Gasteiger partial charge in [0.1, 0.15) is 4.60 Å². The summed E-state index contributed by atoms with van der Waals surface area (Å²) in [6.07, 6.45) is 3.82. The summed E-state index contributed by atoms with van der Waals surface area (Å²) in [4.78, 5) is 6.78. The van der Waals surface area contributed by atoms with Crippen LogP contribution < -0.4 is 9.64 Å². The summed E-state index contributed by atoms with van der Waals surface area (Å²) >= 11 is 3.40. The monoisotopic (exact) mass is 270 g/mol. The van der Waals surface area contributed by atoms with Crippen LogP contribution in [-0.2, 0) is 0 Å². The third-order valence-electron chi connectivity index (χ3n) is 2.68. The zero-order chi connectivity index (χ0) is 10.7. The van der Waals surface area contributed by atoms with E-state index in [9.17, 15) is 0 Å². The highest BCUT2D eigenvalue weighted by atomic mass is 79.9. The van der Waals surface area contributed by atoms with Gasteiger partial charge in [0, 0.05) is 13.1 Å². The molecule has 15 heavy (non-hydrogen) atoms. The fourth-order valence-corrected chi connectivity index (χ4v) is 2.20. The average Bonchev–Trinajstić information content (AvgIpc) is 2.30. The van der Waals surface area contributed by atoms with Crippen molar-refractivity contribution < 1.29 is 4.74 Å². The Balaban J connectivity index is 2.27. The van der Waals surface area contributed by atoms with Crippen LogP contribution in [0, 0.1) is 0 Å². The minimum absolute atomic E-state index is 0.861. The van der Waals surface area contributed by atoms with Gasteiger partial charge in [0.15, 0.2) is 11.6 Å². The normalized spacial score (nSPS) is 16.5. The smallest absolute Gasteiger partial charge is 0.172 e. The van der Waals surface area contributed by atoms with Gasteiger partial charge in [-0.2, -0.15) is 0 Å². The van der Waals surface area contributed by atoms with Gasteiger partial charge < -0.3 is 9.64 Å². The molecule has 2 heterocycles. The summed E-state index contributed by atoms with van der Waals surface area (Å²) in [6, 6.07) is 3.87. The molecule has 0 aromatic carbocycles. The number of piperidine rings is 1. The van der Waals surface area contributed by atoms with Gasteiger partial charge in [-0.25, -0.2) is 4.98 Å². The SMILES string of the molecule is COc1ccc(Br)nc1N1CCCCC1. The van der Waals surface area contributed by atoms with Gasteiger partial charge in [0.2, 0.25) is 0 Å². The summed E-state index contributed by atoms with van der Waals surface area (Å²) in [7, 11) is 1.69. The fourth-order valence-electron chi connectivity index (χ4n) is 1.90. The van der Waals surface area contributed by atoms with E-state index in [1.807, 2.05) is 12.1 Å². The quantitative estimate of drug-likeness (QED) is 0.773. The average molecular weight is 271 g/mol. The zero-order valence-electron chi connectivity index (χ0n) is 8.87. The standard InChI is InChI=1S/C11H15BrN2O/c1-15-9-5-6-10(12)13-11(9)14-7-3-2-4-8-14/h5-6H,2-4,7-8H2,1H3. The van der Waals surface area contributed by atoms with Crippen molar-refractivity contribution in [3.8, 4) is 5.75 Å². The number of pyridine rings is 1. The number of anilines is 1. The van der Waals surface area contributed by atoms with Gasteiger partial charge in [-0.15, -0.1) is 0 Å². The van der Waals surface area contributed by atoms with Crippen molar-refractivity contribution >= 4 is 21.7 Å². The van der Waals surface area contributed by atoms with E-state index >= 15 is 0 Å². The van der Waals surface area contributed by atoms with Crippen LogP contribution in [0.5, 0.6) is 5.75 Å². The molecular formula is C11H15BrN2O. The van der Waals surface area contributed by atoms with E-state index in [2.05, 4.69) is 25.8 Å². The van der Waals surface area contributed by atoms with Crippen LogP contribution in [0.4, 0.5) is 5.82 Å². The number of methoxy groups -OCH3 is 1. The lowest BCUT2D eigenvalue weighted by atomic mass is 10.1. The molecule has 0 amide bonds. The molecule has 4 heteroatoms. The molecule has 3 nitrogen and oxygen atoms in total. The second kappa shape index (κ2) is 4.84. The lowest BCUT2D eigenvalue weighted by molar-refractivity contribution is 0.410. The van der Waals surface area contributed by atoms with Crippen molar-refractivity contribution in [3.63, 3.8) is 0 Å². The predicted octanol–water partition coefficient (Wildman–Crippen LogP) is 2.84. The van der Waals surface area contributed by atoms with Crippen molar-refractivity contribution in [2.24, 2.45) is 0 Å². The Morgan fingerprint density at radius 3 is 2.67 bits per heavy atom. The Bertz CT molecular complexity index is 337. The Labute approximate surface area is 98.6 Å². The highest BCUT2D eigenvalue weighted by Crippen LogP contribution is 2.29. The van der Waals surface area contributed by atoms with Crippen molar-refractivity contribution in [2.75, 3.05) is 25.1 Å². The number of rotatable bonds is 2. The molecule has 1 saturated heterocycles. The molecule has 1 aliphatic heterocycles. The fraction of sp³-hybridized carbons (Fsp3) is 0.545. The highest BCUT2D eigenvalue weighted by molar-refractivity contribution is 9.10. The molecule has 0 aliphatic carbocycles. The van der Waals surface area contributed by atoms with Crippen LogP contribution >= 0.6 is 15.9 Å². The molecule has 0 saturated carbocycles. The Hall–Kier alpha value is -0.770. The molecule has 2 rings (SSSR count). The van der Waals surface area contributed by atoms with Crippen LogP contribution in [0.3, 0.4) is 0 Å². The number of hydrogen-bond donors (Lipinski definition) is 0. The number of ether oxygens (including phenoxy) is 1. The zero-order valence-corrected chi connectivity index (χ0v) is 10.5. The van der Waals surface area contributed by atoms with Gasteiger partial charge >= 0.3 is 0 Å². The van der Waals surface area contributed by atoms with Crippen LogP contribution in [-0.4, -0.2) is 25.2 Å². The maximum Gasteiger partial charge on any atom is 0.172 e. The molecule has 0 unspecified atom stereocenters. The van der Waals surface area contributed by atoms with Gasteiger partial charge in [-0.3, -0.25) is 0 Å². The third-order valence-corrected chi connectivity index (χ3v) is 3.12. The molecule has 0 radical (unpaired) electrons. The predicted molar refractivity (Wildman–Crippen MR) is 64.6 cm³/mol. The van der Waals surface area contributed by atoms with Gasteiger partial charge in [-0.1, -0.05) is 0 Å². The molecule has 82 valence electrons. The topological polar surface area (TPSA) is 25.4 Å². The molecule has 1 aliphatic rings. The first-order valence-corrected chi connectivity index (χ1v) is 6.06. The Morgan fingerprint density at radius 1 is 1.27 bits per heavy atom. The molecule has 0 atom stereocenters. The van der Waals surface area contributed by atoms with Crippen molar-refractivity contribution in [3.05, 3.63) is 16.7 Å². The summed E-state index contributed by atoms with van der Waals surface area (Å²) in [6.45, 7) is 2.17. The first kappa shape index (κ1) is 10.7. The number of hydrogen-bond acceptors (Lipinski definition) is 3. The number of halogens is 1. The molecule has 0 bridgehead atoms. The maximum absolute atomic E-state index is 5.33. The van der Waals surface area contributed by atoms with E-state index in [0.717, 1.165) is 29.3 Å². The van der Waals surface area contributed by atoms with Gasteiger partial charge in [0.05, 0.1) is 7.11 Å². The van der Waals surface area contributed by atoms with Crippen molar-refractivity contribution in [2.45, 2.75) is 19.3 Å². The van der Waals surface area contributed by atoms with Gasteiger partial charge in [-0.05, 0) is 47.3 Å². The van der Waals surface area contributed by atoms with Crippen LogP contribution in [0.1, 0.15) is 19.3 Å². The number of nitrogens with zero attached hydrogens (tertiary/aromatic N) is 2. The molecule has 1 aromatic heterocycles. The molecule has 0 spiro atoms. The van der Waals surface area contributed by atoms with E-state index in [4.69, 9.17) is 4.74 Å². The molecule has 1 fully saturated rings. The Morgan fingerprint density at radius 2 is 2.00 bits per heavy atom. The Kier molecular flexibility index (Phi) is 3.46. The van der Waals surface area contributed by atoms with Crippen LogP contribution in [0.25, 0.3) is 0 Å². The van der Waals surface area contributed by atoms with E-state index < -0.39 is 0 Å². The summed E-state index contributed by atoms with van der Waals surface area (Å²) in [5.74, 6) is 1.83. The summed E-state index contributed by atoms with van der Waals surface area (Å²) in [5, 5.41) is 0. The van der Waals surface area contributed by atoms with Crippen molar-refractivity contribution in [1.29, 1.82) is 0 Å². The maximum atomic E-state index is 5.33. The minimum Gasteiger partial charge on any atom is -0.493 e. The molecule has 1 aromatic rings. The first-order chi connectivity index (χ1) is 7.31. The van der Waals surface area contributed by atoms with Gasteiger partial charge in [0.25, 0.3) is 0 Å². The van der Waals surface area contributed by atoms with Crippen LogP contribution in [0.2, 0.25) is 0 Å². The van der Waals surface area contributed by atoms with E-state index in [-0.39, 0.29) is 0 Å². The summed E-state index contributed by atoms with van der Waals surface area (Å²) < 4.78 is 6.19. The first-order valence-electron chi connectivity index (χ1n) is 5.27. The highest BCUT2D eigenvalue weighted by Gasteiger charge is 2.16. The largest absolute Gasteiger partial charge is 0.493 e. The van der Waals surface area contributed by atoms with E-state index in [1.54, 1.807) is 7.11 Å². The number of aromatic nitrogens is 1. The molecular weight excluding hydrogens is 256 g/mol. The lowest BCUT2D eigenvalue weighted by Gasteiger charge is -2.28. The second-order valence-corrected chi connectivity index (χ2v) is 4.52. The van der Waals surface area contributed by atoms with E-state index in [0.29, 0.717) is 0 Å². The second-order valence-electron chi connectivity index (χ2n) is 3.71. The van der Waals surface area contributed by atoms with Crippen molar-refractivity contribution in [1.82, 2.24) is 4.98 Å². The van der Waals surface area contributed by atoms with Crippen LogP contribution in [0.15, 0.2) is 16.7 Å². The molecule has 0 N–H and O–H groups in total. The lowest BCUT2D eigenvalue weighted by Crippen LogP contribution is -2.30. The third kappa shape index (κ3) is 2.43.